The maximum atomic E-state index is 11.7. The molecule has 1 amide bonds. The van der Waals surface area contributed by atoms with Gasteiger partial charge >= 0.3 is 0 Å². The number of nitrogens with zero attached hydrogens (tertiary/aromatic N) is 2. The van der Waals surface area contributed by atoms with E-state index in [9.17, 15) is 4.79 Å². The van der Waals surface area contributed by atoms with Gasteiger partial charge in [0.05, 0.1) is 0 Å². The third kappa shape index (κ3) is 2.89. The zero-order valence-corrected chi connectivity index (χ0v) is 12.0. The van der Waals surface area contributed by atoms with Crippen molar-refractivity contribution in [3.05, 3.63) is 23.8 Å². The summed E-state index contributed by atoms with van der Waals surface area (Å²) >= 11 is 0. The zero-order chi connectivity index (χ0) is 14.0. The summed E-state index contributed by atoms with van der Waals surface area (Å²) in [6.45, 7) is 3.80. The summed E-state index contributed by atoms with van der Waals surface area (Å²) in [4.78, 5) is 15.6. The Hall–Kier alpha value is -1.55. The van der Waals surface area contributed by atoms with Crippen LogP contribution in [0, 0.1) is 5.92 Å². The summed E-state index contributed by atoms with van der Waals surface area (Å²) in [5.41, 5.74) is 9.17. The maximum Gasteiger partial charge on any atom is 0.227 e. The predicted molar refractivity (Wildman–Crippen MR) is 79.7 cm³/mol. The third-order valence-electron chi connectivity index (χ3n) is 3.84. The van der Waals surface area contributed by atoms with Crippen molar-refractivity contribution in [2.24, 2.45) is 11.7 Å². The summed E-state index contributed by atoms with van der Waals surface area (Å²) in [5.74, 6) is 0.677. The van der Waals surface area contributed by atoms with Crippen LogP contribution >= 0.6 is 0 Å². The Morgan fingerprint density at radius 3 is 2.84 bits per heavy atom. The van der Waals surface area contributed by atoms with E-state index in [4.69, 9.17) is 5.73 Å². The summed E-state index contributed by atoms with van der Waals surface area (Å²) in [7, 11) is 3.94. The second kappa shape index (κ2) is 5.61. The molecule has 1 aliphatic rings. The number of nitrogens with two attached hydrogens (primary N) is 1. The lowest BCUT2D eigenvalue weighted by Crippen LogP contribution is -2.32. The highest BCUT2D eigenvalue weighted by atomic mass is 16.2. The van der Waals surface area contributed by atoms with Crippen molar-refractivity contribution >= 4 is 17.3 Å². The van der Waals surface area contributed by atoms with E-state index >= 15 is 0 Å². The second-order valence-electron chi connectivity index (χ2n) is 5.49. The Bertz CT molecular complexity index is 472. The average Bonchev–Trinajstić information content (AvgIpc) is 2.42. The lowest BCUT2D eigenvalue weighted by molar-refractivity contribution is -0.118. The highest BCUT2D eigenvalue weighted by molar-refractivity contribution is 5.96. The van der Waals surface area contributed by atoms with Gasteiger partial charge in [0.15, 0.2) is 0 Å². The van der Waals surface area contributed by atoms with E-state index in [2.05, 4.69) is 31.0 Å². The molecule has 1 aromatic rings. The summed E-state index contributed by atoms with van der Waals surface area (Å²) < 4.78 is 0. The van der Waals surface area contributed by atoms with Crippen LogP contribution in [0.25, 0.3) is 0 Å². The SMILES string of the molecule is CC(CN)CN(C)c1ccc2c(c1)CCC(=O)N2C. The van der Waals surface area contributed by atoms with E-state index in [0.29, 0.717) is 18.9 Å². The first-order valence-electron chi connectivity index (χ1n) is 6.83. The number of fused-ring (bicyclic) bond motifs is 1. The number of anilines is 2. The van der Waals surface area contributed by atoms with Crippen molar-refractivity contribution in [1.29, 1.82) is 0 Å². The van der Waals surface area contributed by atoms with Crippen molar-refractivity contribution in [2.45, 2.75) is 19.8 Å². The molecule has 19 heavy (non-hydrogen) atoms. The fraction of sp³-hybridized carbons (Fsp3) is 0.533. The van der Waals surface area contributed by atoms with Gasteiger partial charge in [0.25, 0.3) is 0 Å². The number of hydrogen-bond acceptors (Lipinski definition) is 3. The molecule has 104 valence electrons. The standard InChI is InChI=1S/C15H23N3O/c1-11(9-16)10-17(2)13-5-6-14-12(8-13)4-7-15(19)18(14)3/h5-6,8,11H,4,7,9-10,16H2,1-3H3. The average molecular weight is 261 g/mol. The first-order chi connectivity index (χ1) is 9.02. The monoisotopic (exact) mass is 261 g/mol. The summed E-state index contributed by atoms with van der Waals surface area (Å²) in [5, 5.41) is 0. The van der Waals surface area contributed by atoms with E-state index in [1.54, 1.807) is 4.90 Å². The van der Waals surface area contributed by atoms with Crippen LogP contribution in [0.2, 0.25) is 0 Å². The van der Waals surface area contributed by atoms with E-state index < -0.39 is 0 Å². The van der Waals surface area contributed by atoms with Crippen LogP contribution in [0.3, 0.4) is 0 Å². The fourth-order valence-corrected chi connectivity index (χ4v) is 2.53. The van der Waals surface area contributed by atoms with E-state index in [1.165, 1.54) is 11.3 Å². The largest absolute Gasteiger partial charge is 0.374 e. The van der Waals surface area contributed by atoms with Crippen LogP contribution in [0.15, 0.2) is 18.2 Å². The van der Waals surface area contributed by atoms with Crippen LogP contribution in [-0.2, 0) is 11.2 Å². The van der Waals surface area contributed by atoms with Crippen LogP contribution < -0.4 is 15.5 Å². The van der Waals surface area contributed by atoms with Gasteiger partial charge < -0.3 is 15.5 Å². The minimum Gasteiger partial charge on any atom is -0.374 e. The fourth-order valence-electron chi connectivity index (χ4n) is 2.53. The molecule has 0 radical (unpaired) electrons. The van der Waals surface area contributed by atoms with E-state index in [0.717, 1.165) is 18.7 Å². The quantitative estimate of drug-likeness (QED) is 0.896. The molecule has 0 spiro atoms. The number of aryl methyl sites for hydroxylation is 1. The summed E-state index contributed by atoms with van der Waals surface area (Å²) in [6.07, 6.45) is 1.45. The van der Waals surface area contributed by atoms with Crippen molar-refractivity contribution in [2.75, 3.05) is 37.0 Å². The number of carbonyl (C=O) groups is 1. The number of benzene rings is 1. The molecule has 4 heteroatoms. The van der Waals surface area contributed by atoms with Gasteiger partial charge in [-0.25, -0.2) is 0 Å². The van der Waals surface area contributed by atoms with Crippen LogP contribution in [0.1, 0.15) is 18.9 Å². The molecular weight excluding hydrogens is 238 g/mol. The number of hydrogen-bond donors (Lipinski definition) is 1. The predicted octanol–water partition coefficient (Wildman–Crippen LogP) is 1.63. The Kier molecular flexibility index (Phi) is 4.10. The molecule has 2 N–H and O–H groups in total. The zero-order valence-electron chi connectivity index (χ0n) is 12.0. The molecule has 4 nitrogen and oxygen atoms in total. The van der Waals surface area contributed by atoms with Crippen LogP contribution in [0.4, 0.5) is 11.4 Å². The van der Waals surface area contributed by atoms with Crippen molar-refractivity contribution in [3.63, 3.8) is 0 Å². The Balaban J connectivity index is 2.19. The second-order valence-corrected chi connectivity index (χ2v) is 5.49. The highest BCUT2D eigenvalue weighted by Gasteiger charge is 2.21. The Morgan fingerprint density at radius 1 is 1.42 bits per heavy atom. The molecule has 0 saturated heterocycles. The van der Waals surface area contributed by atoms with Gasteiger partial charge in [0.1, 0.15) is 0 Å². The smallest absolute Gasteiger partial charge is 0.227 e. The Labute approximate surface area is 115 Å². The van der Waals surface area contributed by atoms with Gasteiger partial charge in [-0.05, 0) is 42.6 Å². The third-order valence-corrected chi connectivity index (χ3v) is 3.84. The van der Waals surface area contributed by atoms with Gasteiger partial charge in [-0.2, -0.15) is 0 Å². The molecule has 0 aromatic heterocycles. The molecule has 0 bridgehead atoms. The minimum atomic E-state index is 0.199. The van der Waals surface area contributed by atoms with Gasteiger partial charge in [0.2, 0.25) is 5.91 Å². The minimum absolute atomic E-state index is 0.199. The normalized spacial score (nSPS) is 16.2. The maximum absolute atomic E-state index is 11.7. The van der Waals surface area contributed by atoms with E-state index in [-0.39, 0.29) is 5.91 Å². The molecular formula is C15H23N3O. The van der Waals surface area contributed by atoms with Crippen molar-refractivity contribution in [1.82, 2.24) is 0 Å². The molecule has 1 atom stereocenters. The van der Waals surface area contributed by atoms with Crippen molar-refractivity contribution in [3.8, 4) is 0 Å². The van der Waals surface area contributed by atoms with Gasteiger partial charge in [0, 0.05) is 38.4 Å². The van der Waals surface area contributed by atoms with Gasteiger partial charge in [-0.1, -0.05) is 6.92 Å². The molecule has 0 aliphatic carbocycles. The molecule has 1 aromatic carbocycles. The highest BCUT2D eigenvalue weighted by Crippen LogP contribution is 2.30. The van der Waals surface area contributed by atoms with Gasteiger partial charge in [-0.15, -0.1) is 0 Å². The molecule has 0 saturated carbocycles. The number of carbonyl (C=O) groups excluding carboxylic acids is 1. The lowest BCUT2D eigenvalue weighted by Gasteiger charge is -2.28. The first kappa shape index (κ1) is 13.9. The number of amides is 1. The lowest BCUT2D eigenvalue weighted by atomic mass is 10.0. The first-order valence-corrected chi connectivity index (χ1v) is 6.83. The number of rotatable bonds is 4. The topological polar surface area (TPSA) is 49.6 Å². The molecule has 1 aliphatic heterocycles. The van der Waals surface area contributed by atoms with Crippen molar-refractivity contribution < 1.29 is 4.79 Å². The van der Waals surface area contributed by atoms with Crippen LogP contribution in [0.5, 0.6) is 0 Å². The molecule has 0 fully saturated rings. The molecule has 1 unspecified atom stereocenters. The molecule has 1 heterocycles. The molecule has 2 rings (SSSR count). The van der Waals surface area contributed by atoms with Gasteiger partial charge in [-0.3, -0.25) is 4.79 Å². The van der Waals surface area contributed by atoms with E-state index in [1.807, 2.05) is 13.1 Å². The Morgan fingerprint density at radius 2 is 2.16 bits per heavy atom. The van der Waals surface area contributed by atoms with Crippen LogP contribution in [-0.4, -0.2) is 33.1 Å². The summed E-state index contributed by atoms with van der Waals surface area (Å²) in [6, 6.07) is 6.32.